The van der Waals surface area contributed by atoms with Gasteiger partial charge in [-0.25, -0.2) is 4.98 Å². The maximum Gasteiger partial charge on any atom is 0.226 e. The lowest BCUT2D eigenvalue weighted by molar-refractivity contribution is 0.353. The van der Waals surface area contributed by atoms with Gasteiger partial charge in [-0.3, -0.25) is 0 Å². The number of phenols is 1. The third kappa shape index (κ3) is 3.46. The van der Waals surface area contributed by atoms with E-state index in [0.29, 0.717) is 35.3 Å². The molecule has 2 unspecified atom stereocenters. The highest BCUT2D eigenvalue weighted by Gasteiger charge is 2.35. The van der Waals surface area contributed by atoms with E-state index in [1.165, 1.54) is 12.8 Å². The summed E-state index contributed by atoms with van der Waals surface area (Å²) in [6.45, 7) is 1.84. The fourth-order valence-corrected chi connectivity index (χ4v) is 4.56. The van der Waals surface area contributed by atoms with Crippen molar-refractivity contribution < 1.29 is 9.52 Å². The van der Waals surface area contributed by atoms with E-state index in [9.17, 15) is 5.11 Å². The fourth-order valence-electron chi connectivity index (χ4n) is 4.56. The van der Waals surface area contributed by atoms with Gasteiger partial charge in [-0.15, -0.1) is 10.2 Å². The van der Waals surface area contributed by atoms with Gasteiger partial charge in [0.15, 0.2) is 5.82 Å². The molecule has 4 heterocycles. The minimum absolute atomic E-state index is 0.128. The Morgan fingerprint density at radius 3 is 2.52 bits per heavy atom. The second-order valence-electron chi connectivity index (χ2n) is 8.16. The summed E-state index contributed by atoms with van der Waals surface area (Å²) in [6, 6.07) is 11.0. The van der Waals surface area contributed by atoms with Crippen LogP contribution in [-0.4, -0.2) is 45.5 Å². The molecular formula is C22H25N5O2. The minimum atomic E-state index is 0.128. The Morgan fingerprint density at radius 1 is 1.10 bits per heavy atom. The van der Waals surface area contributed by atoms with Crippen LogP contribution in [0.25, 0.3) is 22.7 Å². The van der Waals surface area contributed by atoms with Crippen LogP contribution >= 0.6 is 0 Å². The Bertz CT molecular complexity index is 1000. The number of oxazole rings is 1. The first-order valence-corrected chi connectivity index (χ1v) is 10.2. The highest BCUT2D eigenvalue weighted by atomic mass is 16.4. The summed E-state index contributed by atoms with van der Waals surface area (Å²) < 4.78 is 5.53. The van der Waals surface area contributed by atoms with Crippen molar-refractivity contribution in [2.45, 2.75) is 50.7 Å². The molecule has 2 aromatic heterocycles. The molecule has 7 heteroatoms. The topological polar surface area (TPSA) is 87.3 Å². The van der Waals surface area contributed by atoms with Crippen LogP contribution in [0.5, 0.6) is 5.75 Å². The van der Waals surface area contributed by atoms with E-state index in [1.807, 2.05) is 31.2 Å². The number of aromatic nitrogens is 3. The number of fused-ring (bicyclic) bond motifs is 2. The van der Waals surface area contributed by atoms with Crippen LogP contribution in [0.1, 0.15) is 31.4 Å². The molecule has 0 radical (unpaired) electrons. The number of hydrogen-bond acceptors (Lipinski definition) is 7. The molecule has 0 saturated carbocycles. The smallest absolute Gasteiger partial charge is 0.226 e. The first-order valence-electron chi connectivity index (χ1n) is 10.2. The van der Waals surface area contributed by atoms with Gasteiger partial charge in [0.2, 0.25) is 5.89 Å². The van der Waals surface area contributed by atoms with Crippen molar-refractivity contribution >= 4 is 5.82 Å². The summed E-state index contributed by atoms with van der Waals surface area (Å²) in [5.41, 5.74) is 2.00. The SMILES string of the molecule is Cc1cnc(-c2ccc(-c3ccc(N(C)C4CC5CC[C@@H](C4)N5)nn3)c(O)c2)o1. The third-order valence-electron chi connectivity index (χ3n) is 6.15. The van der Waals surface area contributed by atoms with Crippen molar-refractivity contribution in [1.82, 2.24) is 20.5 Å². The summed E-state index contributed by atoms with van der Waals surface area (Å²) in [6.07, 6.45) is 6.52. The van der Waals surface area contributed by atoms with Crippen molar-refractivity contribution in [2.75, 3.05) is 11.9 Å². The zero-order valence-electron chi connectivity index (χ0n) is 16.7. The molecule has 150 valence electrons. The number of anilines is 1. The van der Waals surface area contributed by atoms with Crippen LogP contribution in [0.2, 0.25) is 0 Å². The number of rotatable bonds is 4. The number of piperidine rings is 1. The van der Waals surface area contributed by atoms with E-state index in [2.05, 4.69) is 32.4 Å². The van der Waals surface area contributed by atoms with Crippen molar-refractivity contribution in [2.24, 2.45) is 0 Å². The van der Waals surface area contributed by atoms with Crippen molar-refractivity contribution in [3.8, 4) is 28.5 Å². The van der Waals surface area contributed by atoms with E-state index in [4.69, 9.17) is 4.42 Å². The molecule has 2 saturated heterocycles. The molecule has 29 heavy (non-hydrogen) atoms. The minimum Gasteiger partial charge on any atom is -0.507 e. The van der Waals surface area contributed by atoms with Crippen LogP contribution in [0.3, 0.4) is 0 Å². The predicted molar refractivity (Wildman–Crippen MR) is 111 cm³/mol. The van der Waals surface area contributed by atoms with Crippen LogP contribution in [0.4, 0.5) is 5.82 Å². The molecule has 5 rings (SSSR count). The zero-order chi connectivity index (χ0) is 20.0. The third-order valence-corrected chi connectivity index (χ3v) is 6.15. The van der Waals surface area contributed by atoms with Crippen LogP contribution in [0.15, 0.2) is 40.9 Å². The number of nitrogens with zero attached hydrogens (tertiary/aromatic N) is 4. The lowest BCUT2D eigenvalue weighted by atomic mass is 9.98. The molecule has 3 aromatic rings. The summed E-state index contributed by atoms with van der Waals surface area (Å²) in [4.78, 5) is 6.45. The molecule has 0 amide bonds. The molecule has 2 bridgehead atoms. The molecule has 3 atom stereocenters. The second-order valence-corrected chi connectivity index (χ2v) is 8.16. The molecule has 2 fully saturated rings. The van der Waals surface area contributed by atoms with Gasteiger partial charge < -0.3 is 19.7 Å². The van der Waals surface area contributed by atoms with Crippen molar-refractivity contribution in [1.29, 1.82) is 0 Å². The number of aryl methyl sites for hydroxylation is 1. The average molecular weight is 391 g/mol. The second kappa shape index (κ2) is 7.15. The Morgan fingerprint density at radius 2 is 1.90 bits per heavy atom. The quantitative estimate of drug-likeness (QED) is 0.703. The lowest BCUT2D eigenvalue weighted by Gasteiger charge is -2.36. The van der Waals surface area contributed by atoms with E-state index in [0.717, 1.165) is 30.0 Å². The number of benzene rings is 1. The van der Waals surface area contributed by atoms with E-state index in [-0.39, 0.29) is 5.75 Å². The van der Waals surface area contributed by atoms with E-state index in [1.54, 1.807) is 12.3 Å². The lowest BCUT2D eigenvalue weighted by Crippen LogP contribution is -2.47. The van der Waals surface area contributed by atoms with Gasteiger partial charge in [0, 0.05) is 36.3 Å². The van der Waals surface area contributed by atoms with Crippen LogP contribution in [-0.2, 0) is 0 Å². The number of phenolic OH excluding ortho intramolecular Hbond substituents is 1. The average Bonchev–Trinajstić information content (AvgIpc) is 3.32. The monoisotopic (exact) mass is 391 g/mol. The Labute approximate surface area is 169 Å². The molecule has 1 aromatic carbocycles. The van der Waals surface area contributed by atoms with E-state index < -0.39 is 0 Å². The molecule has 0 aliphatic carbocycles. The highest BCUT2D eigenvalue weighted by molar-refractivity contribution is 5.71. The fraction of sp³-hybridized carbons (Fsp3) is 0.409. The van der Waals surface area contributed by atoms with Gasteiger partial charge in [0.05, 0.1) is 11.9 Å². The first-order chi connectivity index (χ1) is 14.1. The molecule has 2 N–H and O–H groups in total. The van der Waals surface area contributed by atoms with Gasteiger partial charge in [0.1, 0.15) is 11.5 Å². The number of aromatic hydroxyl groups is 1. The summed E-state index contributed by atoms with van der Waals surface area (Å²) in [5, 5.41) is 23.0. The van der Waals surface area contributed by atoms with E-state index >= 15 is 0 Å². The van der Waals surface area contributed by atoms with Crippen molar-refractivity contribution in [3.05, 3.63) is 42.3 Å². The summed E-state index contributed by atoms with van der Waals surface area (Å²) in [7, 11) is 2.10. The van der Waals surface area contributed by atoms with Gasteiger partial charge in [-0.2, -0.15) is 0 Å². The van der Waals surface area contributed by atoms with Crippen LogP contribution in [0, 0.1) is 6.92 Å². The van der Waals surface area contributed by atoms with Gasteiger partial charge in [-0.1, -0.05) is 0 Å². The zero-order valence-corrected chi connectivity index (χ0v) is 16.7. The number of hydrogen-bond donors (Lipinski definition) is 2. The normalized spacial score (nSPS) is 23.3. The van der Waals surface area contributed by atoms with Gasteiger partial charge >= 0.3 is 0 Å². The summed E-state index contributed by atoms with van der Waals surface area (Å²) in [5.74, 6) is 2.22. The first kappa shape index (κ1) is 18.1. The summed E-state index contributed by atoms with van der Waals surface area (Å²) >= 11 is 0. The van der Waals surface area contributed by atoms with Crippen LogP contribution < -0.4 is 10.2 Å². The molecule has 2 aliphatic rings. The standard InChI is InChI=1S/C22H25N5O2/c1-13-12-23-22(29-13)14-3-6-18(20(28)9-14)19-7-8-21(26-25-19)27(2)17-10-15-4-5-16(11-17)24-15/h3,6-9,12,15-17,24,28H,4-5,10-11H2,1-2H3/t15-,16?,17?/m0/s1. The maximum atomic E-state index is 10.5. The number of nitrogens with one attached hydrogen (secondary N) is 1. The molecular weight excluding hydrogens is 366 g/mol. The van der Waals surface area contributed by atoms with Crippen molar-refractivity contribution in [3.63, 3.8) is 0 Å². The Kier molecular flexibility index (Phi) is 4.47. The Balaban J connectivity index is 1.34. The van der Waals surface area contributed by atoms with Gasteiger partial charge in [0.25, 0.3) is 0 Å². The maximum absolute atomic E-state index is 10.5. The highest BCUT2D eigenvalue weighted by Crippen LogP contribution is 2.34. The molecule has 0 spiro atoms. The Hall–Kier alpha value is -2.93. The molecule has 2 aliphatic heterocycles. The molecule has 7 nitrogen and oxygen atoms in total. The largest absolute Gasteiger partial charge is 0.507 e. The van der Waals surface area contributed by atoms with Gasteiger partial charge in [-0.05, 0) is 62.9 Å². The predicted octanol–water partition coefficient (Wildman–Crippen LogP) is 3.53.